The highest BCUT2D eigenvalue weighted by atomic mass is 32.2. The topological polar surface area (TPSA) is 85.1 Å². The monoisotopic (exact) mass is 299 g/mol. The molecule has 1 aromatic rings. The van der Waals surface area contributed by atoms with E-state index in [1.165, 1.54) is 0 Å². The number of hydrogen-bond acceptors (Lipinski definition) is 6. The van der Waals surface area contributed by atoms with E-state index in [-0.39, 0.29) is 11.7 Å². The van der Waals surface area contributed by atoms with Gasteiger partial charge in [0, 0.05) is 12.3 Å². The quantitative estimate of drug-likeness (QED) is 0.892. The Labute approximate surface area is 119 Å². The van der Waals surface area contributed by atoms with E-state index in [4.69, 9.17) is 4.52 Å². The fourth-order valence-electron chi connectivity index (χ4n) is 3.12. The van der Waals surface area contributed by atoms with E-state index in [0.717, 1.165) is 44.7 Å². The van der Waals surface area contributed by atoms with Crippen molar-refractivity contribution in [2.24, 2.45) is 5.92 Å². The summed E-state index contributed by atoms with van der Waals surface area (Å²) in [5.41, 5.74) is 0. The third-order valence-corrected chi connectivity index (χ3v) is 6.09. The molecule has 0 radical (unpaired) electrons. The zero-order chi connectivity index (χ0) is 14.0. The Morgan fingerprint density at radius 1 is 1.25 bits per heavy atom. The maximum Gasteiger partial charge on any atom is 0.229 e. The molecule has 0 amide bonds. The van der Waals surface area contributed by atoms with Crippen LogP contribution in [0.5, 0.6) is 0 Å². The molecule has 3 rings (SSSR count). The van der Waals surface area contributed by atoms with Gasteiger partial charge in [-0.25, -0.2) is 8.42 Å². The summed E-state index contributed by atoms with van der Waals surface area (Å²) in [5, 5.41) is 7.34. The third-order valence-electron chi connectivity index (χ3n) is 4.20. The van der Waals surface area contributed by atoms with Crippen molar-refractivity contribution in [2.75, 3.05) is 24.6 Å². The zero-order valence-corrected chi connectivity index (χ0v) is 12.4. The Bertz CT molecular complexity index is 549. The van der Waals surface area contributed by atoms with Gasteiger partial charge in [0.2, 0.25) is 5.89 Å². The molecule has 1 aromatic heterocycles. The van der Waals surface area contributed by atoms with E-state index >= 15 is 0 Å². The number of aromatic nitrogens is 2. The van der Waals surface area contributed by atoms with Crippen molar-refractivity contribution in [1.29, 1.82) is 0 Å². The molecule has 0 aliphatic carbocycles. The zero-order valence-electron chi connectivity index (χ0n) is 11.5. The lowest BCUT2D eigenvalue weighted by molar-refractivity contribution is 0.317. The van der Waals surface area contributed by atoms with Crippen LogP contribution in [0.1, 0.15) is 43.3 Å². The Morgan fingerprint density at radius 3 is 2.80 bits per heavy atom. The molecule has 2 aliphatic rings. The van der Waals surface area contributed by atoms with Gasteiger partial charge in [-0.2, -0.15) is 4.98 Å². The molecule has 0 bridgehead atoms. The first kappa shape index (κ1) is 14.0. The van der Waals surface area contributed by atoms with Crippen LogP contribution in [0, 0.1) is 5.92 Å². The van der Waals surface area contributed by atoms with Crippen LogP contribution in [0.3, 0.4) is 0 Å². The second-order valence-electron chi connectivity index (χ2n) is 5.90. The average molecular weight is 299 g/mol. The van der Waals surface area contributed by atoms with Gasteiger partial charge >= 0.3 is 0 Å². The number of hydrogen-bond donors (Lipinski definition) is 1. The van der Waals surface area contributed by atoms with Gasteiger partial charge in [0.05, 0.1) is 11.5 Å². The summed E-state index contributed by atoms with van der Waals surface area (Å²) in [5.74, 6) is 2.49. The maximum absolute atomic E-state index is 11.6. The van der Waals surface area contributed by atoms with Crippen LogP contribution < -0.4 is 5.32 Å². The lowest BCUT2D eigenvalue weighted by Crippen LogP contribution is -2.27. The smallest absolute Gasteiger partial charge is 0.229 e. The number of rotatable bonds is 3. The van der Waals surface area contributed by atoms with Crippen LogP contribution in [0.2, 0.25) is 0 Å². The minimum atomic E-state index is -2.86. The van der Waals surface area contributed by atoms with E-state index < -0.39 is 9.84 Å². The third kappa shape index (κ3) is 3.38. The predicted molar refractivity (Wildman–Crippen MR) is 74.2 cm³/mol. The van der Waals surface area contributed by atoms with E-state index in [0.29, 0.717) is 23.9 Å². The highest BCUT2D eigenvalue weighted by Crippen LogP contribution is 2.25. The lowest BCUT2D eigenvalue weighted by Gasteiger charge is -2.20. The van der Waals surface area contributed by atoms with Gasteiger partial charge in [0.25, 0.3) is 0 Å². The van der Waals surface area contributed by atoms with Crippen LogP contribution in [0.25, 0.3) is 0 Å². The second kappa shape index (κ2) is 5.81. The Hall–Kier alpha value is -0.950. The molecule has 3 heterocycles. The minimum Gasteiger partial charge on any atom is -0.339 e. The second-order valence-corrected chi connectivity index (χ2v) is 8.13. The number of nitrogens with one attached hydrogen (secondary N) is 1. The highest BCUT2D eigenvalue weighted by Gasteiger charge is 2.27. The molecule has 20 heavy (non-hydrogen) atoms. The van der Waals surface area contributed by atoms with Crippen LogP contribution in [-0.4, -0.2) is 43.2 Å². The number of nitrogens with zero attached hydrogens (tertiary/aromatic N) is 2. The summed E-state index contributed by atoms with van der Waals surface area (Å²) >= 11 is 0. The first-order chi connectivity index (χ1) is 9.62. The number of piperidine rings is 1. The molecule has 0 spiro atoms. The largest absolute Gasteiger partial charge is 0.339 e. The van der Waals surface area contributed by atoms with Crippen molar-refractivity contribution >= 4 is 9.84 Å². The standard InChI is InChI=1S/C13H21N3O3S/c17-20(18)7-1-2-10(9-20)8-12-15-13(19-16-12)11-3-5-14-6-4-11/h10-11,14H,1-9H2. The Kier molecular flexibility index (Phi) is 4.07. The molecule has 1 N–H and O–H groups in total. The van der Waals surface area contributed by atoms with Crippen LogP contribution in [0.4, 0.5) is 0 Å². The van der Waals surface area contributed by atoms with Gasteiger partial charge in [-0.1, -0.05) is 5.16 Å². The Balaban J connectivity index is 1.62. The van der Waals surface area contributed by atoms with Gasteiger partial charge in [-0.15, -0.1) is 0 Å². The van der Waals surface area contributed by atoms with Crippen molar-refractivity contribution in [3.8, 4) is 0 Å². The SMILES string of the molecule is O=S1(=O)CCCC(Cc2noc(C3CCNCC3)n2)C1. The average Bonchev–Trinajstić information content (AvgIpc) is 2.87. The van der Waals surface area contributed by atoms with Crippen LogP contribution >= 0.6 is 0 Å². The molecule has 2 aliphatic heterocycles. The van der Waals surface area contributed by atoms with Crippen molar-refractivity contribution in [3.63, 3.8) is 0 Å². The van der Waals surface area contributed by atoms with Crippen LogP contribution in [-0.2, 0) is 16.3 Å². The van der Waals surface area contributed by atoms with Crippen LogP contribution in [0.15, 0.2) is 4.52 Å². The molecule has 6 nitrogen and oxygen atoms in total. The molecular formula is C13H21N3O3S. The molecule has 0 aromatic carbocycles. The van der Waals surface area contributed by atoms with Gasteiger partial charge < -0.3 is 9.84 Å². The van der Waals surface area contributed by atoms with Crippen molar-refractivity contribution < 1.29 is 12.9 Å². The first-order valence-electron chi connectivity index (χ1n) is 7.36. The summed E-state index contributed by atoms with van der Waals surface area (Å²) in [7, 11) is -2.86. The molecule has 112 valence electrons. The van der Waals surface area contributed by atoms with E-state index in [1.807, 2.05) is 0 Å². The first-order valence-corrected chi connectivity index (χ1v) is 9.18. The summed E-state index contributed by atoms with van der Waals surface area (Å²) in [6.45, 7) is 1.98. The molecule has 1 unspecified atom stereocenters. The van der Waals surface area contributed by atoms with Gasteiger partial charge in [-0.3, -0.25) is 0 Å². The van der Waals surface area contributed by atoms with Crippen molar-refractivity contribution in [3.05, 3.63) is 11.7 Å². The number of sulfone groups is 1. The molecule has 7 heteroatoms. The fourth-order valence-corrected chi connectivity index (χ4v) is 4.90. The van der Waals surface area contributed by atoms with E-state index in [1.54, 1.807) is 0 Å². The van der Waals surface area contributed by atoms with Crippen molar-refractivity contribution in [1.82, 2.24) is 15.5 Å². The van der Waals surface area contributed by atoms with Gasteiger partial charge in [-0.05, 0) is 44.7 Å². The highest BCUT2D eigenvalue weighted by molar-refractivity contribution is 7.91. The summed E-state index contributed by atoms with van der Waals surface area (Å²) < 4.78 is 28.6. The van der Waals surface area contributed by atoms with Crippen molar-refractivity contribution in [2.45, 2.75) is 38.0 Å². The lowest BCUT2D eigenvalue weighted by atomic mass is 9.98. The predicted octanol–water partition coefficient (Wildman–Crippen LogP) is 0.904. The molecule has 2 saturated heterocycles. The van der Waals surface area contributed by atoms with Gasteiger partial charge in [0.15, 0.2) is 15.7 Å². The van der Waals surface area contributed by atoms with E-state index in [9.17, 15) is 8.42 Å². The van der Waals surface area contributed by atoms with E-state index in [2.05, 4.69) is 15.5 Å². The molecular weight excluding hydrogens is 278 g/mol. The minimum absolute atomic E-state index is 0.146. The summed E-state index contributed by atoms with van der Waals surface area (Å²) in [6, 6.07) is 0. The molecule has 1 atom stereocenters. The summed E-state index contributed by atoms with van der Waals surface area (Å²) in [6.07, 6.45) is 4.37. The Morgan fingerprint density at radius 2 is 2.05 bits per heavy atom. The molecule has 0 saturated carbocycles. The fraction of sp³-hybridized carbons (Fsp3) is 0.846. The maximum atomic E-state index is 11.6. The summed E-state index contributed by atoms with van der Waals surface area (Å²) in [4.78, 5) is 4.48. The molecule has 2 fully saturated rings. The van der Waals surface area contributed by atoms with Gasteiger partial charge in [0.1, 0.15) is 0 Å². The normalized spacial score (nSPS) is 27.5.